The smallest absolute Gasteiger partial charge is 0.0702 e. The molecule has 0 aliphatic carbocycles. The van der Waals surface area contributed by atoms with Crippen molar-refractivity contribution in [1.29, 1.82) is 0 Å². The van der Waals surface area contributed by atoms with Crippen LogP contribution in [0.3, 0.4) is 0 Å². The van der Waals surface area contributed by atoms with Gasteiger partial charge in [0.1, 0.15) is 0 Å². The van der Waals surface area contributed by atoms with Crippen molar-refractivity contribution in [1.82, 2.24) is 5.32 Å². The quantitative estimate of drug-likeness (QED) is 0.868. The lowest BCUT2D eigenvalue weighted by Crippen LogP contribution is -2.30. The molecule has 0 fully saturated rings. The van der Waals surface area contributed by atoms with E-state index >= 15 is 0 Å². The number of nitrogens with two attached hydrogens (primary N) is 1. The minimum absolute atomic E-state index is 0.300. The zero-order valence-corrected chi connectivity index (χ0v) is 11.0. The standard InChI is InChI=1S/C10H17BrN2S/c1-7(2)6-13-8(5-12)9-3-4-10(11)14-9/h3-4,7-8,13H,5-6,12H2,1-2H3. The summed E-state index contributed by atoms with van der Waals surface area (Å²) in [5.74, 6) is 0.660. The monoisotopic (exact) mass is 276 g/mol. The van der Waals surface area contributed by atoms with E-state index < -0.39 is 0 Å². The van der Waals surface area contributed by atoms with E-state index in [2.05, 4.69) is 47.2 Å². The largest absolute Gasteiger partial charge is 0.329 e. The molecule has 14 heavy (non-hydrogen) atoms. The van der Waals surface area contributed by atoms with Crippen LogP contribution in [0, 0.1) is 5.92 Å². The van der Waals surface area contributed by atoms with Gasteiger partial charge in [-0.05, 0) is 40.5 Å². The van der Waals surface area contributed by atoms with Crippen molar-refractivity contribution >= 4 is 27.3 Å². The van der Waals surface area contributed by atoms with Crippen LogP contribution in [-0.2, 0) is 0 Å². The topological polar surface area (TPSA) is 38.0 Å². The first-order chi connectivity index (χ1) is 6.63. The van der Waals surface area contributed by atoms with Gasteiger partial charge in [-0.1, -0.05) is 13.8 Å². The third-order valence-electron chi connectivity index (χ3n) is 1.95. The first kappa shape index (κ1) is 12.2. The van der Waals surface area contributed by atoms with Crippen LogP contribution < -0.4 is 11.1 Å². The van der Waals surface area contributed by atoms with Gasteiger partial charge in [0.2, 0.25) is 0 Å². The van der Waals surface area contributed by atoms with Gasteiger partial charge >= 0.3 is 0 Å². The highest BCUT2D eigenvalue weighted by molar-refractivity contribution is 9.11. The van der Waals surface area contributed by atoms with Gasteiger partial charge in [0, 0.05) is 11.4 Å². The third-order valence-corrected chi connectivity index (χ3v) is 3.68. The van der Waals surface area contributed by atoms with Crippen molar-refractivity contribution in [2.75, 3.05) is 13.1 Å². The molecule has 0 amide bonds. The molecule has 0 spiro atoms. The fourth-order valence-electron chi connectivity index (χ4n) is 1.19. The maximum Gasteiger partial charge on any atom is 0.0702 e. The molecule has 0 aliphatic rings. The SMILES string of the molecule is CC(C)CNC(CN)c1ccc(Br)s1. The molecular weight excluding hydrogens is 260 g/mol. The number of nitrogens with one attached hydrogen (secondary N) is 1. The van der Waals surface area contributed by atoms with Gasteiger partial charge in [0.25, 0.3) is 0 Å². The number of hydrogen-bond donors (Lipinski definition) is 2. The number of hydrogen-bond acceptors (Lipinski definition) is 3. The van der Waals surface area contributed by atoms with E-state index in [1.165, 1.54) is 4.88 Å². The van der Waals surface area contributed by atoms with E-state index in [1.807, 2.05) is 0 Å². The summed E-state index contributed by atoms with van der Waals surface area (Å²) in [6.07, 6.45) is 0. The molecule has 1 rings (SSSR count). The summed E-state index contributed by atoms with van der Waals surface area (Å²) in [4.78, 5) is 1.31. The van der Waals surface area contributed by atoms with Crippen molar-refractivity contribution in [2.45, 2.75) is 19.9 Å². The minimum Gasteiger partial charge on any atom is -0.329 e. The van der Waals surface area contributed by atoms with Gasteiger partial charge in [-0.2, -0.15) is 0 Å². The van der Waals surface area contributed by atoms with Gasteiger partial charge in [-0.25, -0.2) is 0 Å². The van der Waals surface area contributed by atoms with Gasteiger partial charge in [0.05, 0.1) is 9.83 Å². The molecule has 1 aromatic heterocycles. The Morgan fingerprint density at radius 1 is 1.50 bits per heavy atom. The molecule has 1 aromatic rings. The van der Waals surface area contributed by atoms with Gasteiger partial charge in [-0.15, -0.1) is 11.3 Å². The maximum absolute atomic E-state index is 5.73. The second-order valence-electron chi connectivity index (χ2n) is 3.73. The fraction of sp³-hybridized carbons (Fsp3) is 0.600. The normalized spacial score (nSPS) is 13.5. The second-order valence-corrected chi connectivity index (χ2v) is 6.23. The zero-order chi connectivity index (χ0) is 10.6. The van der Waals surface area contributed by atoms with Crippen molar-refractivity contribution in [3.05, 3.63) is 20.8 Å². The number of thiophene rings is 1. The molecule has 0 radical (unpaired) electrons. The van der Waals surface area contributed by atoms with E-state index in [9.17, 15) is 0 Å². The Morgan fingerprint density at radius 3 is 2.64 bits per heavy atom. The van der Waals surface area contributed by atoms with Crippen molar-refractivity contribution < 1.29 is 0 Å². The predicted molar refractivity (Wildman–Crippen MR) is 66.7 cm³/mol. The van der Waals surface area contributed by atoms with Crippen LogP contribution in [0.25, 0.3) is 0 Å². The van der Waals surface area contributed by atoms with E-state index in [1.54, 1.807) is 11.3 Å². The summed E-state index contributed by atoms with van der Waals surface area (Å²) in [5, 5.41) is 3.46. The molecule has 0 aliphatic heterocycles. The molecular formula is C10H17BrN2S. The van der Waals surface area contributed by atoms with Crippen molar-refractivity contribution in [2.24, 2.45) is 11.7 Å². The minimum atomic E-state index is 0.300. The van der Waals surface area contributed by atoms with Crippen LogP contribution in [-0.4, -0.2) is 13.1 Å². The fourth-order valence-corrected chi connectivity index (χ4v) is 2.71. The van der Waals surface area contributed by atoms with E-state index in [0.717, 1.165) is 10.3 Å². The Balaban J connectivity index is 2.54. The Labute approximate surface area is 98.0 Å². The Hall–Kier alpha value is 0.1000. The van der Waals surface area contributed by atoms with Crippen molar-refractivity contribution in [3.63, 3.8) is 0 Å². The lowest BCUT2D eigenvalue weighted by Gasteiger charge is -2.16. The Morgan fingerprint density at radius 2 is 2.21 bits per heavy atom. The van der Waals surface area contributed by atoms with Crippen LogP contribution in [0.15, 0.2) is 15.9 Å². The first-order valence-electron chi connectivity index (χ1n) is 4.82. The summed E-state index contributed by atoms with van der Waals surface area (Å²) in [5.41, 5.74) is 5.73. The Kier molecular flexibility index (Phi) is 5.09. The molecule has 4 heteroatoms. The molecule has 0 bridgehead atoms. The number of rotatable bonds is 5. The van der Waals surface area contributed by atoms with Crippen LogP contribution >= 0.6 is 27.3 Å². The molecule has 0 saturated carbocycles. The van der Waals surface area contributed by atoms with Gasteiger partial charge in [0.15, 0.2) is 0 Å². The van der Waals surface area contributed by atoms with E-state index in [4.69, 9.17) is 5.73 Å². The van der Waals surface area contributed by atoms with E-state index in [0.29, 0.717) is 18.5 Å². The first-order valence-corrected chi connectivity index (χ1v) is 6.43. The second kappa shape index (κ2) is 5.85. The summed E-state index contributed by atoms with van der Waals surface area (Å²) < 4.78 is 1.16. The predicted octanol–water partition coefficient (Wildman–Crippen LogP) is 2.76. The van der Waals surface area contributed by atoms with Gasteiger partial charge < -0.3 is 11.1 Å². The molecule has 1 heterocycles. The van der Waals surface area contributed by atoms with Crippen LogP contribution in [0.4, 0.5) is 0 Å². The molecule has 80 valence electrons. The molecule has 1 unspecified atom stereocenters. The molecule has 3 N–H and O–H groups in total. The van der Waals surface area contributed by atoms with Gasteiger partial charge in [-0.3, -0.25) is 0 Å². The zero-order valence-electron chi connectivity index (χ0n) is 8.59. The maximum atomic E-state index is 5.73. The highest BCUT2D eigenvalue weighted by Crippen LogP contribution is 2.26. The molecule has 1 atom stereocenters. The molecule has 2 nitrogen and oxygen atoms in total. The highest BCUT2D eigenvalue weighted by Gasteiger charge is 2.11. The molecule has 0 saturated heterocycles. The number of halogens is 1. The average molecular weight is 277 g/mol. The highest BCUT2D eigenvalue weighted by atomic mass is 79.9. The Bertz CT molecular complexity index is 273. The lowest BCUT2D eigenvalue weighted by atomic mass is 10.2. The third kappa shape index (κ3) is 3.69. The molecule has 0 aromatic carbocycles. The van der Waals surface area contributed by atoms with E-state index in [-0.39, 0.29) is 0 Å². The summed E-state index contributed by atoms with van der Waals surface area (Å²) in [6.45, 7) is 6.06. The summed E-state index contributed by atoms with van der Waals surface area (Å²) in [6, 6.07) is 4.49. The van der Waals surface area contributed by atoms with Crippen molar-refractivity contribution in [3.8, 4) is 0 Å². The van der Waals surface area contributed by atoms with Crippen LogP contribution in [0.1, 0.15) is 24.8 Å². The summed E-state index contributed by atoms with van der Waals surface area (Å²) >= 11 is 5.21. The van der Waals surface area contributed by atoms with Crippen LogP contribution in [0.2, 0.25) is 0 Å². The average Bonchev–Trinajstić information content (AvgIpc) is 2.53. The lowest BCUT2D eigenvalue weighted by molar-refractivity contribution is 0.483. The summed E-state index contributed by atoms with van der Waals surface area (Å²) in [7, 11) is 0. The van der Waals surface area contributed by atoms with Crippen LogP contribution in [0.5, 0.6) is 0 Å².